The summed E-state index contributed by atoms with van der Waals surface area (Å²) in [5.74, 6) is -1.42. The quantitative estimate of drug-likeness (QED) is 0.365. The van der Waals surface area contributed by atoms with Gasteiger partial charge in [0.05, 0.1) is 29.6 Å². The number of rotatable bonds is 6. The number of anilines is 1. The standard InChI is InChI=1S/C24H16F2N4O5S/c1-34-21-13-30(17-10-15(25)9-16(26)11-17)23(31)12-20(21)24-19-3-2-18(8-14(19)4-6-27-24)36(32,33)29-22-5-7-35-28-22/h2-13H,1H3,(H,28,29). The second-order valence-corrected chi connectivity index (χ2v) is 9.31. The van der Waals surface area contributed by atoms with Gasteiger partial charge in [-0.15, -0.1) is 0 Å². The van der Waals surface area contributed by atoms with Gasteiger partial charge in [-0.2, -0.15) is 0 Å². The highest BCUT2D eigenvalue weighted by atomic mass is 32.2. The number of benzene rings is 2. The summed E-state index contributed by atoms with van der Waals surface area (Å²) in [5.41, 5.74) is 0.0817. The first-order chi connectivity index (χ1) is 17.2. The van der Waals surface area contributed by atoms with Crippen LogP contribution in [-0.2, 0) is 10.0 Å². The van der Waals surface area contributed by atoms with Gasteiger partial charge in [0, 0.05) is 35.3 Å². The maximum atomic E-state index is 13.7. The molecule has 0 amide bonds. The summed E-state index contributed by atoms with van der Waals surface area (Å²) in [6.07, 6.45) is 4.02. The molecule has 0 aliphatic heterocycles. The smallest absolute Gasteiger partial charge is 0.263 e. The van der Waals surface area contributed by atoms with Crippen LogP contribution in [0.4, 0.5) is 14.6 Å². The maximum absolute atomic E-state index is 13.7. The van der Waals surface area contributed by atoms with Crippen LogP contribution in [0.25, 0.3) is 27.7 Å². The molecule has 2 aromatic carbocycles. The number of nitrogens with zero attached hydrogens (tertiary/aromatic N) is 3. The van der Waals surface area contributed by atoms with Gasteiger partial charge in [-0.3, -0.25) is 19.1 Å². The van der Waals surface area contributed by atoms with Gasteiger partial charge in [0.25, 0.3) is 15.6 Å². The minimum atomic E-state index is -3.95. The normalized spacial score (nSPS) is 11.5. The van der Waals surface area contributed by atoms with Crippen LogP contribution in [0, 0.1) is 11.6 Å². The molecular weight excluding hydrogens is 494 g/mol. The zero-order valence-electron chi connectivity index (χ0n) is 18.5. The van der Waals surface area contributed by atoms with Gasteiger partial charge in [0.2, 0.25) is 0 Å². The van der Waals surface area contributed by atoms with E-state index in [4.69, 9.17) is 4.74 Å². The Morgan fingerprint density at radius 3 is 2.50 bits per heavy atom. The summed E-state index contributed by atoms with van der Waals surface area (Å²) in [6, 6.07) is 11.4. The summed E-state index contributed by atoms with van der Waals surface area (Å²) < 4.78 is 66.4. The van der Waals surface area contributed by atoms with Gasteiger partial charge < -0.3 is 9.26 Å². The van der Waals surface area contributed by atoms with E-state index in [-0.39, 0.29) is 22.2 Å². The second kappa shape index (κ2) is 8.89. The molecule has 0 bridgehead atoms. The third-order valence-electron chi connectivity index (χ3n) is 5.34. The predicted molar refractivity (Wildman–Crippen MR) is 127 cm³/mol. The third-order valence-corrected chi connectivity index (χ3v) is 6.69. The molecule has 5 aromatic rings. The van der Waals surface area contributed by atoms with Crippen molar-refractivity contribution in [2.45, 2.75) is 4.90 Å². The van der Waals surface area contributed by atoms with Gasteiger partial charge in [0.15, 0.2) is 5.82 Å². The number of ether oxygens (including phenoxy) is 1. The molecule has 182 valence electrons. The fraction of sp³-hybridized carbons (Fsp3) is 0.0417. The zero-order chi connectivity index (χ0) is 25.4. The monoisotopic (exact) mass is 510 g/mol. The molecule has 0 atom stereocenters. The molecule has 0 saturated carbocycles. The maximum Gasteiger partial charge on any atom is 0.263 e. The summed E-state index contributed by atoms with van der Waals surface area (Å²) in [6.45, 7) is 0. The minimum Gasteiger partial charge on any atom is -0.494 e. The number of sulfonamides is 1. The molecule has 0 aliphatic rings. The lowest BCUT2D eigenvalue weighted by molar-refractivity contribution is 0.412. The molecule has 0 spiro atoms. The van der Waals surface area contributed by atoms with Crippen molar-refractivity contribution in [2.24, 2.45) is 0 Å². The van der Waals surface area contributed by atoms with Crippen molar-refractivity contribution in [3.63, 3.8) is 0 Å². The average Bonchev–Trinajstić information content (AvgIpc) is 3.35. The van der Waals surface area contributed by atoms with E-state index < -0.39 is 27.2 Å². The fourth-order valence-electron chi connectivity index (χ4n) is 3.74. The Morgan fingerprint density at radius 1 is 1.03 bits per heavy atom. The van der Waals surface area contributed by atoms with Gasteiger partial charge in [-0.25, -0.2) is 17.2 Å². The largest absolute Gasteiger partial charge is 0.494 e. The van der Waals surface area contributed by atoms with Crippen molar-refractivity contribution >= 4 is 26.6 Å². The number of aromatic nitrogens is 3. The zero-order valence-corrected chi connectivity index (χ0v) is 19.3. The van der Waals surface area contributed by atoms with Gasteiger partial charge in [-0.1, -0.05) is 11.2 Å². The van der Waals surface area contributed by atoms with Crippen molar-refractivity contribution in [1.82, 2.24) is 14.7 Å². The number of pyridine rings is 2. The van der Waals surface area contributed by atoms with Crippen LogP contribution in [0.5, 0.6) is 5.75 Å². The van der Waals surface area contributed by atoms with Crippen LogP contribution in [0.3, 0.4) is 0 Å². The number of halogens is 2. The molecule has 3 aromatic heterocycles. The first-order valence-corrected chi connectivity index (χ1v) is 11.8. The first-order valence-electron chi connectivity index (χ1n) is 10.3. The Morgan fingerprint density at radius 2 is 1.81 bits per heavy atom. The van der Waals surface area contributed by atoms with E-state index in [1.54, 1.807) is 12.1 Å². The summed E-state index contributed by atoms with van der Waals surface area (Å²) >= 11 is 0. The highest BCUT2D eigenvalue weighted by molar-refractivity contribution is 7.92. The van der Waals surface area contributed by atoms with E-state index in [1.165, 1.54) is 50.0 Å². The van der Waals surface area contributed by atoms with E-state index in [9.17, 15) is 22.0 Å². The van der Waals surface area contributed by atoms with E-state index in [1.807, 2.05) is 0 Å². The van der Waals surface area contributed by atoms with Crippen molar-refractivity contribution in [3.05, 3.63) is 95.2 Å². The lowest BCUT2D eigenvalue weighted by Crippen LogP contribution is -2.18. The van der Waals surface area contributed by atoms with Gasteiger partial charge in [-0.05, 0) is 35.7 Å². The topological polar surface area (TPSA) is 116 Å². The van der Waals surface area contributed by atoms with Crippen LogP contribution in [-0.4, -0.2) is 30.2 Å². The van der Waals surface area contributed by atoms with E-state index in [0.29, 0.717) is 28.1 Å². The Bertz CT molecular complexity index is 1750. The number of nitrogens with one attached hydrogen (secondary N) is 1. The third kappa shape index (κ3) is 4.29. The molecule has 0 saturated heterocycles. The van der Waals surface area contributed by atoms with Crippen LogP contribution >= 0.6 is 0 Å². The van der Waals surface area contributed by atoms with E-state index in [2.05, 4.69) is 19.4 Å². The van der Waals surface area contributed by atoms with E-state index >= 15 is 0 Å². The number of hydrogen-bond donors (Lipinski definition) is 1. The summed E-state index contributed by atoms with van der Waals surface area (Å²) in [7, 11) is -2.57. The molecule has 3 heterocycles. The Balaban J connectivity index is 1.61. The molecule has 9 nitrogen and oxygen atoms in total. The predicted octanol–water partition coefficient (Wildman–Crippen LogP) is 4.13. The van der Waals surface area contributed by atoms with Crippen LogP contribution in [0.1, 0.15) is 0 Å². The lowest BCUT2D eigenvalue weighted by Gasteiger charge is -2.14. The number of methoxy groups -OCH3 is 1. The molecule has 36 heavy (non-hydrogen) atoms. The average molecular weight is 510 g/mol. The van der Waals surface area contributed by atoms with Gasteiger partial charge in [0.1, 0.15) is 23.6 Å². The highest BCUT2D eigenvalue weighted by Crippen LogP contribution is 2.34. The van der Waals surface area contributed by atoms with Crippen molar-refractivity contribution in [3.8, 4) is 22.7 Å². The van der Waals surface area contributed by atoms with Crippen molar-refractivity contribution in [1.29, 1.82) is 0 Å². The molecule has 0 radical (unpaired) electrons. The number of hydrogen-bond acceptors (Lipinski definition) is 7. The molecular formula is C24H16F2N4O5S. The number of fused-ring (bicyclic) bond motifs is 1. The Hall–Kier alpha value is -4.58. The second-order valence-electron chi connectivity index (χ2n) is 7.62. The summed E-state index contributed by atoms with van der Waals surface area (Å²) in [4.78, 5) is 17.3. The van der Waals surface area contributed by atoms with Crippen molar-refractivity contribution < 1.29 is 26.5 Å². The van der Waals surface area contributed by atoms with E-state index in [0.717, 1.165) is 16.7 Å². The summed E-state index contributed by atoms with van der Waals surface area (Å²) in [5, 5.41) is 4.62. The molecule has 12 heteroatoms. The Labute approximate surface area is 202 Å². The highest BCUT2D eigenvalue weighted by Gasteiger charge is 2.19. The lowest BCUT2D eigenvalue weighted by atomic mass is 10.0. The Kier molecular flexibility index (Phi) is 5.72. The van der Waals surface area contributed by atoms with Crippen LogP contribution in [0.2, 0.25) is 0 Å². The van der Waals surface area contributed by atoms with Crippen molar-refractivity contribution in [2.75, 3.05) is 11.8 Å². The van der Waals surface area contributed by atoms with Crippen LogP contribution in [0.15, 0.2) is 87.5 Å². The molecule has 0 unspecified atom stereocenters. The SMILES string of the molecule is COc1cn(-c2cc(F)cc(F)c2)c(=O)cc1-c1nccc2cc(S(=O)(=O)Nc3ccon3)ccc12. The molecule has 1 N–H and O–H groups in total. The minimum absolute atomic E-state index is 0.0114. The first kappa shape index (κ1) is 23.2. The van der Waals surface area contributed by atoms with Gasteiger partial charge >= 0.3 is 0 Å². The molecule has 0 aliphatic carbocycles. The fourth-order valence-corrected chi connectivity index (χ4v) is 4.77. The van der Waals surface area contributed by atoms with Crippen LogP contribution < -0.4 is 15.0 Å². The molecule has 0 fully saturated rings. The molecule has 5 rings (SSSR count).